The number of rotatable bonds is 5. The molecule has 2 heterocycles. The highest BCUT2D eigenvalue weighted by molar-refractivity contribution is 5.98. The number of carbonyl (C=O) groups is 1. The summed E-state index contributed by atoms with van der Waals surface area (Å²) < 4.78 is 12.4. The third kappa shape index (κ3) is 3.17. The van der Waals surface area contributed by atoms with Crippen LogP contribution in [0.3, 0.4) is 0 Å². The molecule has 1 aromatic carbocycles. The van der Waals surface area contributed by atoms with Crippen molar-refractivity contribution < 1.29 is 14.3 Å². The lowest BCUT2D eigenvalue weighted by Gasteiger charge is -2.21. The number of benzene rings is 1. The fourth-order valence-corrected chi connectivity index (χ4v) is 2.74. The molecule has 6 nitrogen and oxygen atoms in total. The van der Waals surface area contributed by atoms with Crippen molar-refractivity contribution in [3.63, 3.8) is 0 Å². The van der Waals surface area contributed by atoms with Crippen LogP contribution in [0, 0.1) is 5.92 Å². The van der Waals surface area contributed by atoms with Gasteiger partial charge in [-0.05, 0) is 31.0 Å². The standard InChI is InChI=1S/C16H19N3O3/c1-21-15-3-2-13(16(20)12-4-6-22-7-5-12)8-14(15)9-19-11-17-10-18-19/h2-3,8,10-12H,4-7,9H2,1H3. The number of hydrogen-bond donors (Lipinski definition) is 0. The van der Waals surface area contributed by atoms with Gasteiger partial charge in [-0.3, -0.25) is 4.79 Å². The number of hydrogen-bond acceptors (Lipinski definition) is 5. The van der Waals surface area contributed by atoms with Gasteiger partial charge in [0.05, 0.1) is 13.7 Å². The molecular formula is C16H19N3O3. The monoisotopic (exact) mass is 301 g/mol. The second-order valence-corrected chi connectivity index (χ2v) is 5.37. The highest BCUT2D eigenvalue weighted by Crippen LogP contribution is 2.25. The Morgan fingerprint density at radius 2 is 2.23 bits per heavy atom. The molecule has 6 heteroatoms. The van der Waals surface area contributed by atoms with Crippen LogP contribution >= 0.6 is 0 Å². The second kappa shape index (κ2) is 6.70. The average Bonchev–Trinajstić information content (AvgIpc) is 3.08. The van der Waals surface area contributed by atoms with Gasteiger partial charge in [-0.25, -0.2) is 9.67 Å². The molecule has 0 aliphatic carbocycles. The zero-order valence-electron chi connectivity index (χ0n) is 12.6. The lowest BCUT2D eigenvalue weighted by atomic mass is 9.90. The molecule has 1 fully saturated rings. The maximum Gasteiger partial charge on any atom is 0.166 e. The van der Waals surface area contributed by atoms with E-state index in [-0.39, 0.29) is 11.7 Å². The summed E-state index contributed by atoms with van der Waals surface area (Å²) in [4.78, 5) is 16.6. The summed E-state index contributed by atoms with van der Waals surface area (Å²) in [5, 5.41) is 4.10. The minimum atomic E-state index is 0.0568. The van der Waals surface area contributed by atoms with E-state index in [1.807, 2.05) is 18.2 Å². The van der Waals surface area contributed by atoms with Gasteiger partial charge in [-0.15, -0.1) is 0 Å². The second-order valence-electron chi connectivity index (χ2n) is 5.37. The predicted octanol–water partition coefficient (Wildman–Crippen LogP) is 1.94. The van der Waals surface area contributed by atoms with Gasteiger partial charge >= 0.3 is 0 Å². The first-order valence-electron chi connectivity index (χ1n) is 7.39. The largest absolute Gasteiger partial charge is 0.496 e. The van der Waals surface area contributed by atoms with Gasteiger partial charge in [0.25, 0.3) is 0 Å². The van der Waals surface area contributed by atoms with E-state index in [2.05, 4.69) is 10.1 Å². The number of nitrogens with zero attached hydrogens (tertiary/aromatic N) is 3. The summed E-state index contributed by atoms with van der Waals surface area (Å²) in [6.07, 6.45) is 4.72. The van der Waals surface area contributed by atoms with Gasteiger partial charge in [0, 0.05) is 30.3 Å². The molecule has 0 saturated carbocycles. The van der Waals surface area contributed by atoms with Crippen molar-refractivity contribution in [1.29, 1.82) is 0 Å². The first-order valence-corrected chi connectivity index (χ1v) is 7.39. The average molecular weight is 301 g/mol. The van der Waals surface area contributed by atoms with Crippen LogP contribution in [0.15, 0.2) is 30.9 Å². The van der Waals surface area contributed by atoms with Crippen molar-refractivity contribution in [3.8, 4) is 5.75 Å². The molecule has 0 bridgehead atoms. The minimum Gasteiger partial charge on any atom is -0.496 e. The number of aromatic nitrogens is 3. The van der Waals surface area contributed by atoms with Crippen LogP contribution < -0.4 is 4.74 Å². The molecule has 0 unspecified atom stereocenters. The number of carbonyl (C=O) groups excluding carboxylic acids is 1. The molecule has 0 N–H and O–H groups in total. The Balaban J connectivity index is 1.84. The molecule has 0 amide bonds. The SMILES string of the molecule is COc1ccc(C(=O)C2CCOCC2)cc1Cn1cncn1. The zero-order chi connectivity index (χ0) is 15.4. The van der Waals surface area contributed by atoms with Crippen LogP contribution in [0.4, 0.5) is 0 Å². The predicted molar refractivity (Wildman–Crippen MR) is 80.0 cm³/mol. The van der Waals surface area contributed by atoms with Crippen LogP contribution in [0.1, 0.15) is 28.8 Å². The van der Waals surface area contributed by atoms with E-state index in [0.717, 1.165) is 29.7 Å². The van der Waals surface area contributed by atoms with Gasteiger partial charge in [-0.2, -0.15) is 5.10 Å². The molecule has 2 aromatic rings. The number of methoxy groups -OCH3 is 1. The lowest BCUT2D eigenvalue weighted by Crippen LogP contribution is -2.23. The van der Waals surface area contributed by atoms with Gasteiger partial charge in [0.15, 0.2) is 5.78 Å². The molecule has 0 spiro atoms. The summed E-state index contributed by atoms with van der Waals surface area (Å²) in [6.45, 7) is 1.86. The van der Waals surface area contributed by atoms with Crippen molar-refractivity contribution in [2.75, 3.05) is 20.3 Å². The molecule has 22 heavy (non-hydrogen) atoms. The quantitative estimate of drug-likeness (QED) is 0.790. The van der Waals surface area contributed by atoms with E-state index in [1.54, 1.807) is 18.1 Å². The smallest absolute Gasteiger partial charge is 0.166 e. The lowest BCUT2D eigenvalue weighted by molar-refractivity contribution is 0.0545. The third-order valence-electron chi connectivity index (χ3n) is 3.96. The Labute approximate surface area is 129 Å². The topological polar surface area (TPSA) is 66.2 Å². The van der Waals surface area contributed by atoms with E-state index >= 15 is 0 Å². The van der Waals surface area contributed by atoms with Crippen molar-refractivity contribution in [1.82, 2.24) is 14.8 Å². The fraction of sp³-hybridized carbons (Fsp3) is 0.438. The summed E-state index contributed by atoms with van der Waals surface area (Å²) in [5.41, 5.74) is 1.65. The first kappa shape index (κ1) is 14.7. The Morgan fingerprint density at radius 1 is 1.41 bits per heavy atom. The van der Waals surface area contributed by atoms with E-state index in [9.17, 15) is 4.79 Å². The van der Waals surface area contributed by atoms with Crippen LogP contribution in [-0.4, -0.2) is 40.9 Å². The molecule has 1 aliphatic heterocycles. The maximum absolute atomic E-state index is 12.6. The van der Waals surface area contributed by atoms with Crippen molar-refractivity contribution in [2.45, 2.75) is 19.4 Å². The van der Waals surface area contributed by atoms with Crippen molar-refractivity contribution in [3.05, 3.63) is 42.0 Å². The van der Waals surface area contributed by atoms with Crippen LogP contribution in [0.5, 0.6) is 5.75 Å². The summed E-state index contributed by atoms with van der Waals surface area (Å²) >= 11 is 0. The van der Waals surface area contributed by atoms with E-state index in [0.29, 0.717) is 19.8 Å². The molecule has 0 atom stereocenters. The minimum absolute atomic E-state index is 0.0568. The Kier molecular flexibility index (Phi) is 4.48. The van der Waals surface area contributed by atoms with E-state index in [4.69, 9.17) is 9.47 Å². The molecule has 0 radical (unpaired) electrons. The van der Waals surface area contributed by atoms with Crippen LogP contribution in [0.2, 0.25) is 0 Å². The number of ketones is 1. The summed E-state index contributed by atoms with van der Waals surface area (Å²) in [6, 6.07) is 5.58. The van der Waals surface area contributed by atoms with Gasteiger partial charge in [-0.1, -0.05) is 0 Å². The molecule has 3 rings (SSSR count). The summed E-state index contributed by atoms with van der Waals surface area (Å²) in [5.74, 6) is 0.992. The molecule has 1 saturated heterocycles. The molecule has 1 aromatic heterocycles. The normalized spacial score (nSPS) is 15.7. The van der Waals surface area contributed by atoms with Crippen molar-refractivity contribution >= 4 is 5.78 Å². The van der Waals surface area contributed by atoms with Crippen molar-refractivity contribution in [2.24, 2.45) is 5.92 Å². The van der Waals surface area contributed by atoms with Crippen LogP contribution in [0.25, 0.3) is 0 Å². The number of Topliss-reactive ketones (excluding diaryl/α,β-unsaturated/α-hetero) is 1. The van der Waals surface area contributed by atoms with E-state index in [1.165, 1.54) is 6.33 Å². The van der Waals surface area contributed by atoms with Gasteiger partial charge in [0.2, 0.25) is 0 Å². The Bertz CT molecular complexity index is 634. The Morgan fingerprint density at radius 3 is 2.91 bits per heavy atom. The third-order valence-corrected chi connectivity index (χ3v) is 3.96. The number of ether oxygens (including phenoxy) is 2. The highest BCUT2D eigenvalue weighted by atomic mass is 16.5. The first-order chi connectivity index (χ1) is 10.8. The maximum atomic E-state index is 12.6. The van der Waals surface area contributed by atoms with E-state index < -0.39 is 0 Å². The fourth-order valence-electron chi connectivity index (χ4n) is 2.74. The Hall–Kier alpha value is -2.21. The van der Waals surface area contributed by atoms with Crippen LogP contribution in [-0.2, 0) is 11.3 Å². The summed E-state index contributed by atoms with van der Waals surface area (Å²) in [7, 11) is 1.63. The molecule has 1 aliphatic rings. The van der Waals surface area contributed by atoms with Gasteiger partial charge in [0.1, 0.15) is 18.4 Å². The molecule has 116 valence electrons. The molecular weight excluding hydrogens is 282 g/mol. The zero-order valence-corrected chi connectivity index (χ0v) is 12.6. The van der Waals surface area contributed by atoms with Gasteiger partial charge < -0.3 is 9.47 Å². The highest BCUT2D eigenvalue weighted by Gasteiger charge is 2.23.